The molecule has 0 amide bonds. The van der Waals surface area contributed by atoms with Crippen LogP contribution in [0.15, 0.2) is 16.6 Å². The van der Waals surface area contributed by atoms with Crippen molar-refractivity contribution in [2.75, 3.05) is 11.1 Å². The molecule has 70 valence electrons. The average Bonchev–Trinajstić information content (AvgIpc) is 2.10. The third-order valence-corrected chi connectivity index (χ3v) is 3.22. The molecule has 2 N–H and O–H groups in total. The molecule has 0 bridgehead atoms. The van der Waals surface area contributed by atoms with Crippen LogP contribution in [0, 0.1) is 0 Å². The second-order valence-electron chi connectivity index (χ2n) is 2.41. The molecule has 0 aliphatic carbocycles. The number of anilines is 1. The highest BCUT2D eigenvalue weighted by atomic mass is 79.9. The SMILES string of the molecule is Nc1cc(Cl)c(Br)cc1C(=O)CBr. The van der Waals surface area contributed by atoms with Gasteiger partial charge in [0.25, 0.3) is 0 Å². The molecule has 0 saturated carbocycles. The fourth-order valence-corrected chi connectivity index (χ4v) is 1.69. The molecule has 13 heavy (non-hydrogen) atoms. The minimum Gasteiger partial charge on any atom is -0.398 e. The Labute approximate surface area is 97.7 Å². The van der Waals surface area contributed by atoms with Crippen LogP contribution >= 0.6 is 43.5 Å². The number of Topliss-reactive ketones (excluding diaryl/α,β-unsaturated/α-hetero) is 1. The smallest absolute Gasteiger partial charge is 0.175 e. The van der Waals surface area contributed by atoms with Crippen LogP contribution in [0.25, 0.3) is 0 Å². The highest BCUT2D eigenvalue weighted by Crippen LogP contribution is 2.28. The van der Waals surface area contributed by atoms with Gasteiger partial charge in [-0.05, 0) is 28.1 Å². The molecule has 1 aromatic rings. The summed E-state index contributed by atoms with van der Waals surface area (Å²) in [6.07, 6.45) is 0. The molecular formula is C8H6Br2ClNO. The van der Waals surface area contributed by atoms with Crippen molar-refractivity contribution in [1.82, 2.24) is 0 Å². The molecule has 0 spiro atoms. The zero-order chi connectivity index (χ0) is 10.0. The summed E-state index contributed by atoms with van der Waals surface area (Å²) in [6, 6.07) is 3.18. The van der Waals surface area contributed by atoms with Crippen molar-refractivity contribution in [2.24, 2.45) is 0 Å². The summed E-state index contributed by atoms with van der Waals surface area (Å²) >= 11 is 12.1. The van der Waals surface area contributed by atoms with Crippen LogP contribution < -0.4 is 5.73 Å². The quantitative estimate of drug-likeness (QED) is 0.515. The van der Waals surface area contributed by atoms with Gasteiger partial charge < -0.3 is 5.73 Å². The van der Waals surface area contributed by atoms with E-state index < -0.39 is 0 Å². The summed E-state index contributed by atoms with van der Waals surface area (Å²) in [4.78, 5) is 11.3. The highest BCUT2D eigenvalue weighted by Gasteiger charge is 2.10. The predicted molar refractivity (Wildman–Crippen MR) is 61.7 cm³/mol. The lowest BCUT2D eigenvalue weighted by Gasteiger charge is -2.04. The summed E-state index contributed by atoms with van der Waals surface area (Å²) in [5, 5.41) is 0.759. The fourth-order valence-electron chi connectivity index (χ4n) is 0.876. The molecule has 0 aliphatic heterocycles. The Kier molecular flexibility index (Phi) is 3.76. The van der Waals surface area contributed by atoms with Crippen molar-refractivity contribution in [3.8, 4) is 0 Å². The Morgan fingerprint density at radius 2 is 2.15 bits per heavy atom. The molecule has 1 aromatic carbocycles. The van der Waals surface area contributed by atoms with Gasteiger partial charge in [-0.25, -0.2) is 0 Å². The van der Waals surface area contributed by atoms with E-state index in [0.717, 1.165) is 0 Å². The summed E-state index contributed by atoms with van der Waals surface area (Å²) < 4.78 is 0.674. The van der Waals surface area contributed by atoms with E-state index in [0.29, 0.717) is 20.7 Å². The molecule has 0 aromatic heterocycles. The van der Waals surface area contributed by atoms with Gasteiger partial charge in [0.1, 0.15) is 0 Å². The van der Waals surface area contributed by atoms with Crippen LogP contribution in [-0.2, 0) is 0 Å². The number of hydrogen-bond donors (Lipinski definition) is 1. The van der Waals surface area contributed by atoms with Gasteiger partial charge in [0.2, 0.25) is 0 Å². The van der Waals surface area contributed by atoms with Crippen LogP contribution in [-0.4, -0.2) is 11.1 Å². The van der Waals surface area contributed by atoms with Gasteiger partial charge >= 0.3 is 0 Å². The van der Waals surface area contributed by atoms with Gasteiger partial charge in [0.05, 0.1) is 10.4 Å². The molecule has 0 heterocycles. The zero-order valence-corrected chi connectivity index (χ0v) is 10.4. The molecule has 0 unspecified atom stereocenters. The Balaban J connectivity index is 3.23. The van der Waals surface area contributed by atoms with Gasteiger partial charge in [-0.1, -0.05) is 27.5 Å². The Morgan fingerprint density at radius 3 is 2.69 bits per heavy atom. The molecule has 0 radical (unpaired) electrons. The number of benzene rings is 1. The van der Waals surface area contributed by atoms with Crippen LogP contribution in [0.3, 0.4) is 0 Å². The predicted octanol–water partition coefficient (Wildman–Crippen LogP) is 3.26. The van der Waals surface area contributed by atoms with Crippen LogP contribution in [0.4, 0.5) is 5.69 Å². The summed E-state index contributed by atoms with van der Waals surface area (Å²) in [7, 11) is 0. The number of carbonyl (C=O) groups excluding carboxylic acids is 1. The summed E-state index contributed by atoms with van der Waals surface area (Å²) in [5.74, 6) is -0.0603. The summed E-state index contributed by atoms with van der Waals surface area (Å²) in [6.45, 7) is 0. The van der Waals surface area contributed by atoms with Crippen LogP contribution in [0.5, 0.6) is 0 Å². The Hall–Kier alpha value is -0.0600. The van der Waals surface area contributed by atoms with Crippen molar-refractivity contribution in [3.63, 3.8) is 0 Å². The zero-order valence-electron chi connectivity index (χ0n) is 6.48. The standard InChI is InChI=1S/C8H6Br2ClNO/c9-3-8(13)4-1-5(10)6(11)2-7(4)12/h1-2H,3,12H2. The second kappa shape index (κ2) is 4.44. The molecular weight excluding hydrogens is 321 g/mol. The molecule has 1 rings (SSSR count). The lowest BCUT2D eigenvalue weighted by molar-refractivity contribution is 0.102. The van der Waals surface area contributed by atoms with E-state index in [1.54, 1.807) is 12.1 Å². The van der Waals surface area contributed by atoms with Gasteiger partial charge in [-0.3, -0.25) is 4.79 Å². The van der Waals surface area contributed by atoms with E-state index in [9.17, 15) is 4.79 Å². The molecule has 2 nitrogen and oxygen atoms in total. The second-order valence-corrected chi connectivity index (χ2v) is 4.23. The number of halogens is 3. The minimum atomic E-state index is -0.0603. The largest absolute Gasteiger partial charge is 0.398 e. The Morgan fingerprint density at radius 1 is 1.54 bits per heavy atom. The normalized spacial score (nSPS) is 10.1. The highest BCUT2D eigenvalue weighted by molar-refractivity contribution is 9.10. The van der Waals surface area contributed by atoms with E-state index in [4.69, 9.17) is 17.3 Å². The summed E-state index contributed by atoms with van der Waals surface area (Å²) in [5.41, 5.74) is 6.50. The maximum absolute atomic E-state index is 11.3. The van der Waals surface area contributed by atoms with E-state index in [1.165, 1.54) is 0 Å². The molecule has 5 heteroatoms. The van der Waals surface area contributed by atoms with Crippen LogP contribution in [0.1, 0.15) is 10.4 Å². The van der Waals surface area contributed by atoms with Crippen molar-refractivity contribution < 1.29 is 4.79 Å². The van der Waals surface area contributed by atoms with Gasteiger partial charge in [0.15, 0.2) is 5.78 Å². The third kappa shape index (κ3) is 2.45. The number of nitrogens with two attached hydrogens (primary N) is 1. The van der Waals surface area contributed by atoms with Crippen molar-refractivity contribution in [1.29, 1.82) is 0 Å². The number of ketones is 1. The number of carbonyl (C=O) groups is 1. The molecule has 0 fully saturated rings. The third-order valence-electron chi connectivity index (χ3n) is 1.51. The fraction of sp³-hybridized carbons (Fsp3) is 0.125. The van der Waals surface area contributed by atoms with E-state index in [1.807, 2.05) is 0 Å². The number of rotatable bonds is 2. The molecule has 0 atom stereocenters. The van der Waals surface area contributed by atoms with Crippen LogP contribution in [0.2, 0.25) is 5.02 Å². The number of nitrogen functional groups attached to an aromatic ring is 1. The first kappa shape index (κ1) is 11.0. The van der Waals surface area contributed by atoms with Gasteiger partial charge in [-0.15, -0.1) is 0 Å². The van der Waals surface area contributed by atoms with Crippen molar-refractivity contribution in [3.05, 3.63) is 27.2 Å². The topological polar surface area (TPSA) is 43.1 Å². The monoisotopic (exact) mass is 325 g/mol. The van der Waals surface area contributed by atoms with E-state index in [2.05, 4.69) is 31.9 Å². The van der Waals surface area contributed by atoms with Gasteiger partial charge in [-0.2, -0.15) is 0 Å². The first-order valence-electron chi connectivity index (χ1n) is 3.40. The molecule has 0 aliphatic rings. The average molecular weight is 327 g/mol. The first-order valence-corrected chi connectivity index (χ1v) is 5.69. The minimum absolute atomic E-state index is 0.0603. The Bertz CT molecular complexity index is 354. The maximum Gasteiger partial charge on any atom is 0.175 e. The maximum atomic E-state index is 11.3. The van der Waals surface area contributed by atoms with Gasteiger partial charge in [0, 0.05) is 15.7 Å². The van der Waals surface area contributed by atoms with Crippen molar-refractivity contribution >= 4 is 54.9 Å². The van der Waals surface area contributed by atoms with Crippen molar-refractivity contribution in [2.45, 2.75) is 0 Å². The number of alkyl halides is 1. The first-order chi connectivity index (χ1) is 6.06. The van der Waals surface area contributed by atoms with E-state index in [-0.39, 0.29) is 11.1 Å². The van der Waals surface area contributed by atoms with E-state index >= 15 is 0 Å². The number of hydrogen-bond acceptors (Lipinski definition) is 2. The lowest BCUT2D eigenvalue weighted by Crippen LogP contribution is -2.04. The molecule has 0 saturated heterocycles. The lowest BCUT2D eigenvalue weighted by atomic mass is 10.1.